The second-order valence-corrected chi connectivity index (χ2v) is 5.95. The summed E-state index contributed by atoms with van der Waals surface area (Å²) in [6.07, 6.45) is 5.61. The molecule has 0 aromatic carbocycles. The SMILES string of the molecule is CNC1CCCN(C2CCOC(C(C)C)C2)C1. The first-order chi connectivity index (χ1) is 8.20. The van der Waals surface area contributed by atoms with Crippen molar-refractivity contribution in [3.63, 3.8) is 0 Å². The van der Waals surface area contributed by atoms with Crippen molar-refractivity contribution in [1.29, 1.82) is 0 Å². The molecule has 2 aliphatic heterocycles. The van der Waals surface area contributed by atoms with E-state index in [1.807, 2.05) is 0 Å². The maximum absolute atomic E-state index is 5.87. The van der Waals surface area contributed by atoms with Crippen molar-refractivity contribution in [3.05, 3.63) is 0 Å². The average molecular weight is 240 g/mol. The molecule has 2 aliphatic rings. The Hall–Kier alpha value is -0.120. The van der Waals surface area contributed by atoms with Gasteiger partial charge in [0.1, 0.15) is 0 Å². The third-order valence-corrected chi connectivity index (χ3v) is 4.41. The molecular weight excluding hydrogens is 212 g/mol. The molecule has 2 rings (SSSR count). The van der Waals surface area contributed by atoms with Gasteiger partial charge in [0.2, 0.25) is 0 Å². The Morgan fingerprint density at radius 2 is 2.12 bits per heavy atom. The molecule has 0 saturated carbocycles. The van der Waals surface area contributed by atoms with Crippen molar-refractivity contribution in [2.45, 2.75) is 57.7 Å². The lowest BCUT2D eigenvalue weighted by Crippen LogP contribution is -2.51. The van der Waals surface area contributed by atoms with Gasteiger partial charge >= 0.3 is 0 Å². The molecule has 0 radical (unpaired) electrons. The third-order valence-electron chi connectivity index (χ3n) is 4.41. The van der Waals surface area contributed by atoms with Gasteiger partial charge in [0.15, 0.2) is 0 Å². The summed E-state index contributed by atoms with van der Waals surface area (Å²) in [5.74, 6) is 0.655. The molecule has 3 heteroatoms. The van der Waals surface area contributed by atoms with Crippen LogP contribution < -0.4 is 5.32 Å². The van der Waals surface area contributed by atoms with Crippen LogP contribution in [0.1, 0.15) is 39.5 Å². The number of rotatable bonds is 3. The number of likely N-dealkylation sites (tertiary alicyclic amines) is 1. The van der Waals surface area contributed by atoms with Crippen molar-refractivity contribution >= 4 is 0 Å². The summed E-state index contributed by atoms with van der Waals surface area (Å²) < 4.78 is 5.87. The van der Waals surface area contributed by atoms with Gasteiger partial charge in [-0.3, -0.25) is 4.90 Å². The Bertz CT molecular complexity index is 232. The van der Waals surface area contributed by atoms with Crippen LogP contribution in [0.5, 0.6) is 0 Å². The van der Waals surface area contributed by atoms with Crippen LogP contribution in [0.15, 0.2) is 0 Å². The van der Waals surface area contributed by atoms with E-state index in [1.165, 1.54) is 38.8 Å². The molecule has 0 bridgehead atoms. The van der Waals surface area contributed by atoms with Gasteiger partial charge in [0.05, 0.1) is 6.10 Å². The molecule has 17 heavy (non-hydrogen) atoms. The predicted molar refractivity (Wildman–Crippen MR) is 71.3 cm³/mol. The third kappa shape index (κ3) is 3.43. The van der Waals surface area contributed by atoms with Crippen LogP contribution in [0.3, 0.4) is 0 Å². The summed E-state index contributed by atoms with van der Waals surface area (Å²) >= 11 is 0. The van der Waals surface area contributed by atoms with Crippen LogP contribution in [0.4, 0.5) is 0 Å². The maximum atomic E-state index is 5.87. The highest BCUT2D eigenvalue weighted by Crippen LogP contribution is 2.26. The van der Waals surface area contributed by atoms with E-state index < -0.39 is 0 Å². The van der Waals surface area contributed by atoms with E-state index in [2.05, 4.69) is 31.1 Å². The lowest BCUT2D eigenvalue weighted by molar-refractivity contribution is -0.0529. The van der Waals surface area contributed by atoms with Crippen LogP contribution in [-0.2, 0) is 4.74 Å². The smallest absolute Gasteiger partial charge is 0.0612 e. The molecule has 0 aromatic heterocycles. The maximum Gasteiger partial charge on any atom is 0.0612 e. The lowest BCUT2D eigenvalue weighted by atomic mass is 9.92. The fraction of sp³-hybridized carbons (Fsp3) is 1.00. The Balaban J connectivity index is 1.88. The Morgan fingerprint density at radius 1 is 1.29 bits per heavy atom. The summed E-state index contributed by atoms with van der Waals surface area (Å²) in [5.41, 5.74) is 0. The molecule has 2 saturated heterocycles. The molecule has 100 valence electrons. The van der Waals surface area contributed by atoms with Crippen LogP contribution in [0, 0.1) is 5.92 Å². The fourth-order valence-electron chi connectivity index (χ4n) is 3.18. The van der Waals surface area contributed by atoms with E-state index in [1.54, 1.807) is 0 Å². The van der Waals surface area contributed by atoms with Crippen molar-refractivity contribution in [2.75, 3.05) is 26.7 Å². The number of ether oxygens (including phenoxy) is 1. The van der Waals surface area contributed by atoms with E-state index in [-0.39, 0.29) is 0 Å². The number of hydrogen-bond donors (Lipinski definition) is 1. The van der Waals surface area contributed by atoms with Gasteiger partial charge in [-0.15, -0.1) is 0 Å². The Kier molecular flexibility index (Phi) is 4.83. The van der Waals surface area contributed by atoms with Gasteiger partial charge in [-0.05, 0) is 45.2 Å². The topological polar surface area (TPSA) is 24.5 Å². The van der Waals surface area contributed by atoms with Crippen molar-refractivity contribution in [3.8, 4) is 0 Å². The van der Waals surface area contributed by atoms with Crippen molar-refractivity contribution in [2.24, 2.45) is 5.92 Å². The number of likely N-dealkylation sites (N-methyl/N-ethyl adjacent to an activating group) is 1. The standard InChI is InChI=1S/C14H28N2O/c1-11(2)14-9-13(6-8-17-14)16-7-4-5-12(10-16)15-3/h11-15H,4-10H2,1-3H3. The zero-order valence-corrected chi connectivity index (χ0v) is 11.6. The first-order valence-corrected chi connectivity index (χ1v) is 7.23. The van der Waals surface area contributed by atoms with Gasteiger partial charge in [-0.2, -0.15) is 0 Å². The summed E-state index contributed by atoms with van der Waals surface area (Å²) in [6, 6.07) is 1.45. The molecule has 2 heterocycles. The fourth-order valence-corrected chi connectivity index (χ4v) is 3.18. The molecule has 0 aromatic rings. The molecule has 1 N–H and O–H groups in total. The van der Waals surface area contributed by atoms with E-state index in [9.17, 15) is 0 Å². The zero-order valence-electron chi connectivity index (χ0n) is 11.6. The summed E-state index contributed by atoms with van der Waals surface area (Å²) in [5, 5.41) is 3.43. The van der Waals surface area contributed by atoms with E-state index in [0.717, 1.165) is 12.6 Å². The average Bonchev–Trinajstić information content (AvgIpc) is 2.39. The molecule has 2 fully saturated rings. The molecule has 3 atom stereocenters. The summed E-state index contributed by atoms with van der Waals surface area (Å²) in [7, 11) is 2.09. The molecule has 3 nitrogen and oxygen atoms in total. The van der Waals surface area contributed by atoms with Crippen molar-refractivity contribution in [1.82, 2.24) is 10.2 Å². The first-order valence-electron chi connectivity index (χ1n) is 7.23. The van der Waals surface area contributed by atoms with Gasteiger partial charge in [0, 0.05) is 25.2 Å². The van der Waals surface area contributed by atoms with Crippen LogP contribution in [0.2, 0.25) is 0 Å². The molecule has 0 spiro atoms. The number of piperidine rings is 1. The van der Waals surface area contributed by atoms with E-state index >= 15 is 0 Å². The van der Waals surface area contributed by atoms with Gasteiger partial charge in [0.25, 0.3) is 0 Å². The van der Waals surface area contributed by atoms with Crippen molar-refractivity contribution < 1.29 is 4.74 Å². The Morgan fingerprint density at radius 3 is 2.82 bits per heavy atom. The molecule has 0 aliphatic carbocycles. The summed E-state index contributed by atoms with van der Waals surface area (Å²) in [6.45, 7) is 8.02. The van der Waals surface area contributed by atoms with Gasteiger partial charge < -0.3 is 10.1 Å². The quantitative estimate of drug-likeness (QED) is 0.815. The monoisotopic (exact) mass is 240 g/mol. The second-order valence-electron chi connectivity index (χ2n) is 5.95. The molecule has 3 unspecified atom stereocenters. The highest BCUT2D eigenvalue weighted by atomic mass is 16.5. The largest absolute Gasteiger partial charge is 0.378 e. The van der Waals surface area contributed by atoms with E-state index in [0.29, 0.717) is 18.1 Å². The predicted octanol–water partition coefficient (Wildman–Crippen LogP) is 1.87. The van der Waals surface area contributed by atoms with E-state index in [4.69, 9.17) is 4.74 Å². The number of nitrogens with zero attached hydrogens (tertiary/aromatic N) is 1. The minimum absolute atomic E-state index is 0.476. The minimum Gasteiger partial charge on any atom is -0.378 e. The van der Waals surface area contributed by atoms with Gasteiger partial charge in [-0.25, -0.2) is 0 Å². The zero-order chi connectivity index (χ0) is 12.3. The normalized spacial score (nSPS) is 36.4. The Labute approximate surface area is 106 Å². The minimum atomic E-state index is 0.476. The summed E-state index contributed by atoms with van der Waals surface area (Å²) in [4.78, 5) is 2.70. The highest BCUT2D eigenvalue weighted by Gasteiger charge is 2.31. The molecule has 0 amide bonds. The van der Waals surface area contributed by atoms with Gasteiger partial charge in [-0.1, -0.05) is 13.8 Å². The van der Waals surface area contributed by atoms with Crippen LogP contribution in [0.25, 0.3) is 0 Å². The number of nitrogens with one attached hydrogen (secondary N) is 1. The lowest BCUT2D eigenvalue weighted by Gasteiger charge is -2.42. The van der Waals surface area contributed by atoms with Crippen LogP contribution in [-0.4, -0.2) is 49.8 Å². The second kappa shape index (κ2) is 6.17. The first kappa shape index (κ1) is 13.3. The number of hydrogen-bond acceptors (Lipinski definition) is 3. The highest BCUT2D eigenvalue weighted by molar-refractivity contribution is 4.86. The van der Waals surface area contributed by atoms with Crippen LogP contribution >= 0.6 is 0 Å². The molecular formula is C14H28N2O.